The Morgan fingerprint density at radius 3 is 2.32 bits per heavy atom. The van der Waals surface area contributed by atoms with Gasteiger partial charge in [-0.25, -0.2) is 4.79 Å². The number of ether oxygens (including phenoxy) is 1. The molecule has 0 unspecified atom stereocenters. The van der Waals surface area contributed by atoms with Crippen LogP contribution in [0.2, 0.25) is 0 Å². The van der Waals surface area contributed by atoms with E-state index in [0.717, 1.165) is 32.7 Å². The van der Waals surface area contributed by atoms with E-state index in [9.17, 15) is 4.79 Å². The summed E-state index contributed by atoms with van der Waals surface area (Å²) in [6, 6.07) is 14.3. The fraction of sp³-hybridized carbons (Fsp3) is 0.381. The van der Waals surface area contributed by atoms with Crippen molar-refractivity contribution in [3.05, 3.63) is 64.7 Å². The number of nitrogens with zero attached hydrogens (tertiary/aromatic N) is 2. The summed E-state index contributed by atoms with van der Waals surface area (Å²) < 4.78 is 4.74. The van der Waals surface area contributed by atoms with Gasteiger partial charge in [0.1, 0.15) is 0 Å². The second kappa shape index (κ2) is 7.70. The lowest BCUT2D eigenvalue weighted by Gasteiger charge is -2.37. The number of benzene rings is 2. The smallest absolute Gasteiger partial charge is 0.337 e. The van der Waals surface area contributed by atoms with Crippen LogP contribution in [0.3, 0.4) is 0 Å². The number of hydrogen-bond acceptors (Lipinski definition) is 4. The number of methoxy groups -OCH3 is 1. The Labute approximate surface area is 150 Å². The molecule has 4 heteroatoms. The van der Waals surface area contributed by atoms with Crippen LogP contribution >= 0.6 is 0 Å². The molecule has 0 bridgehead atoms. The van der Waals surface area contributed by atoms with E-state index in [1.165, 1.54) is 29.5 Å². The zero-order valence-electron chi connectivity index (χ0n) is 15.3. The van der Waals surface area contributed by atoms with Crippen LogP contribution in [-0.2, 0) is 11.3 Å². The van der Waals surface area contributed by atoms with Crippen molar-refractivity contribution < 1.29 is 9.53 Å². The predicted molar refractivity (Wildman–Crippen MR) is 101 cm³/mol. The zero-order valence-corrected chi connectivity index (χ0v) is 15.3. The Morgan fingerprint density at radius 1 is 1.00 bits per heavy atom. The maximum Gasteiger partial charge on any atom is 0.337 e. The maximum atomic E-state index is 11.5. The van der Waals surface area contributed by atoms with Gasteiger partial charge in [0.15, 0.2) is 0 Å². The Morgan fingerprint density at radius 2 is 1.68 bits per heavy atom. The third-order valence-electron chi connectivity index (χ3n) is 5.07. The second-order valence-electron chi connectivity index (χ2n) is 6.67. The van der Waals surface area contributed by atoms with E-state index in [-0.39, 0.29) is 5.97 Å². The summed E-state index contributed by atoms with van der Waals surface area (Å²) >= 11 is 0. The summed E-state index contributed by atoms with van der Waals surface area (Å²) in [6.45, 7) is 9.49. The van der Waals surface area contributed by atoms with Crippen molar-refractivity contribution >= 4 is 11.7 Å². The number of piperazine rings is 1. The average Bonchev–Trinajstić information content (AvgIpc) is 2.65. The van der Waals surface area contributed by atoms with Crippen LogP contribution in [0.25, 0.3) is 0 Å². The van der Waals surface area contributed by atoms with Gasteiger partial charge in [-0.3, -0.25) is 4.90 Å². The second-order valence-corrected chi connectivity index (χ2v) is 6.67. The van der Waals surface area contributed by atoms with Crippen molar-refractivity contribution in [2.24, 2.45) is 0 Å². The molecule has 2 aromatic carbocycles. The zero-order chi connectivity index (χ0) is 17.8. The molecule has 1 fully saturated rings. The molecule has 132 valence electrons. The van der Waals surface area contributed by atoms with E-state index in [1.807, 2.05) is 24.3 Å². The lowest BCUT2D eigenvalue weighted by Crippen LogP contribution is -2.46. The van der Waals surface area contributed by atoms with Gasteiger partial charge in [0.05, 0.1) is 12.7 Å². The third-order valence-corrected chi connectivity index (χ3v) is 5.07. The van der Waals surface area contributed by atoms with Crippen LogP contribution in [0.15, 0.2) is 42.5 Å². The third kappa shape index (κ3) is 4.02. The largest absolute Gasteiger partial charge is 0.465 e. The van der Waals surface area contributed by atoms with E-state index in [4.69, 9.17) is 4.74 Å². The Kier molecular flexibility index (Phi) is 5.39. The first-order valence-corrected chi connectivity index (χ1v) is 8.79. The van der Waals surface area contributed by atoms with Crippen molar-refractivity contribution in [3.63, 3.8) is 0 Å². The van der Waals surface area contributed by atoms with Gasteiger partial charge in [-0.05, 0) is 48.7 Å². The number of anilines is 1. The molecule has 0 spiro atoms. The van der Waals surface area contributed by atoms with Crippen molar-refractivity contribution in [2.45, 2.75) is 20.4 Å². The minimum Gasteiger partial charge on any atom is -0.465 e. The summed E-state index contributed by atoms with van der Waals surface area (Å²) in [5.41, 5.74) is 5.93. The van der Waals surface area contributed by atoms with Gasteiger partial charge in [0.2, 0.25) is 0 Å². The number of esters is 1. The first kappa shape index (κ1) is 17.5. The normalized spacial score (nSPS) is 15.2. The van der Waals surface area contributed by atoms with Crippen LogP contribution < -0.4 is 4.90 Å². The molecule has 2 aromatic rings. The van der Waals surface area contributed by atoms with Crippen LogP contribution in [0.4, 0.5) is 5.69 Å². The van der Waals surface area contributed by atoms with E-state index in [0.29, 0.717) is 5.56 Å². The first-order chi connectivity index (χ1) is 12.1. The first-order valence-electron chi connectivity index (χ1n) is 8.79. The number of rotatable bonds is 4. The molecule has 0 aliphatic carbocycles. The molecule has 0 aromatic heterocycles. The van der Waals surface area contributed by atoms with E-state index < -0.39 is 0 Å². The molecule has 0 amide bonds. The monoisotopic (exact) mass is 338 g/mol. The van der Waals surface area contributed by atoms with Crippen LogP contribution in [-0.4, -0.2) is 44.2 Å². The highest BCUT2D eigenvalue weighted by Crippen LogP contribution is 2.24. The van der Waals surface area contributed by atoms with Gasteiger partial charge in [-0.1, -0.05) is 24.3 Å². The standard InChI is InChI=1S/C21H26N2O2/c1-16-5-4-6-20(17(16)2)23-13-11-22(12-14-23)15-18-7-9-19(10-8-18)21(24)25-3/h4-10H,11-15H2,1-3H3. The lowest BCUT2D eigenvalue weighted by molar-refractivity contribution is 0.0600. The highest BCUT2D eigenvalue weighted by Gasteiger charge is 2.19. The van der Waals surface area contributed by atoms with Crippen molar-refractivity contribution in [2.75, 3.05) is 38.2 Å². The van der Waals surface area contributed by atoms with Crippen molar-refractivity contribution in [1.29, 1.82) is 0 Å². The lowest BCUT2D eigenvalue weighted by atomic mass is 10.1. The molecule has 0 saturated carbocycles. The predicted octanol–water partition coefficient (Wildman–Crippen LogP) is 3.41. The van der Waals surface area contributed by atoms with Gasteiger partial charge in [0, 0.05) is 38.4 Å². The van der Waals surface area contributed by atoms with Gasteiger partial charge in [-0.2, -0.15) is 0 Å². The average molecular weight is 338 g/mol. The number of hydrogen-bond donors (Lipinski definition) is 0. The summed E-state index contributed by atoms with van der Waals surface area (Å²) in [5, 5.41) is 0. The quantitative estimate of drug-likeness (QED) is 0.800. The summed E-state index contributed by atoms with van der Waals surface area (Å²) in [7, 11) is 1.41. The molecule has 25 heavy (non-hydrogen) atoms. The topological polar surface area (TPSA) is 32.8 Å². The molecule has 0 atom stereocenters. The highest BCUT2D eigenvalue weighted by molar-refractivity contribution is 5.89. The van der Waals surface area contributed by atoms with Gasteiger partial charge < -0.3 is 9.64 Å². The number of aryl methyl sites for hydroxylation is 1. The molecule has 3 rings (SSSR count). The van der Waals surface area contributed by atoms with Crippen LogP contribution in [0.5, 0.6) is 0 Å². The molecular weight excluding hydrogens is 312 g/mol. The molecule has 0 N–H and O–H groups in total. The van der Waals surface area contributed by atoms with E-state index in [2.05, 4.69) is 41.8 Å². The maximum absolute atomic E-state index is 11.5. The van der Waals surface area contributed by atoms with E-state index >= 15 is 0 Å². The van der Waals surface area contributed by atoms with E-state index in [1.54, 1.807) is 0 Å². The Balaban J connectivity index is 1.57. The molecular formula is C21H26N2O2. The van der Waals surface area contributed by atoms with Gasteiger partial charge >= 0.3 is 5.97 Å². The number of carbonyl (C=O) groups is 1. The highest BCUT2D eigenvalue weighted by atomic mass is 16.5. The summed E-state index contributed by atoms with van der Waals surface area (Å²) in [5.74, 6) is -0.284. The van der Waals surface area contributed by atoms with Crippen molar-refractivity contribution in [1.82, 2.24) is 4.90 Å². The fourth-order valence-corrected chi connectivity index (χ4v) is 3.35. The van der Waals surface area contributed by atoms with Crippen LogP contribution in [0.1, 0.15) is 27.0 Å². The van der Waals surface area contributed by atoms with Gasteiger partial charge in [-0.15, -0.1) is 0 Å². The molecule has 4 nitrogen and oxygen atoms in total. The van der Waals surface area contributed by atoms with Crippen molar-refractivity contribution in [3.8, 4) is 0 Å². The summed E-state index contributed by atoms with van der Waals surface area (Å²) in [6.07, 6.45) is 0. The fourth-order valence-electron chi connectivity index (χ4n) is 3.35. The summed E-state index contributed by atoms with van der Waals surface area (Å²) in [4.78, 5) is 16.5. The Bertz CT molecular complexity index is 732. The SMILES string of the molecule is COC(=O)c1ccc(CN2CCN(c3cccc(C)c3C)CC2)cc1. The molecule has 1 aliphatic rings. The number of carbonyl (C=O) groups excluding carboxylic acids is 1. The molecule has 1 heterocycles. The van der Waals surface area contributed by atoms with Gasteiger partial charge in [0.25, 0.3) is 0 Å². The molecule has 0 radical (unpaired) electrons. The molecule has 1 saturated heterocycles. The minimum atomic E-state index is -0.284. The van der Waals surface area contributed by atoms with Crippen LogP contribution in [0, 0.1) is 13.8 Å². The minimum absolute atomic E-state index is 0.284. The molecule has 1 aliphatic heterocycles. The Hall–Kier alpha value is -2.33.